The van der Waals surface area contributed by atoms with Crippen LogP contribution in [0.2, 0.25) is 0 Å². The second-order valence-electron chi connectivity index (χ2n) is 3.02. The molecule has 0 nitrogen and oxygen atoms in total. The van der Waals surface area contributed by atoms with Crippen molar-refractivity contribution in [1.82, 2.24) is 0 Å². The zero-order chi connectivity index (χ0) is 10.4. The zero-order valence-corrected chi connectivity index (χ0v) is 9.44. The number of rotatable bonds is 1. The summed E-state index contributed by atoms with van der Waals surface area (Å²) in [6.45, 7) is 14.1. The van der Waals surface area contributed by atoms with Crippen molar-refractivity contribution in [3.8, 4) is 0 Å². The minimum absolute atomic E-state index is 0. The van der Waals surface area contributed by atoms with Crippen molar-refractivity contribution in [2.75, 3.05) is 0 Å². The van der Waals surface area contributed by atoms with Crippen LogP contribution in [0.15, 0.2) is 18.7 Å². The summed E-state index contributed by atoms with van der Waals surface area (Å²) in [6, 6.07) is 4.37. The molecule has 0 heteroatoms. The second-order valence-corrected chi connectivity index (χ2v) is 3.02. The predicted molar refractivity (Wildman–Crippen MR) is 68.8 cm³/mol. The molecule has 1 aromatic rings. The van der Waals surface area contributed by atoms with Gasteiger partial charge in [-0.25, -0.2) is 0 Å². The first kappa shape index (κ1) is 15.4. The zero-order valence-electron chi connectivity index (χ0n) is 9.44. The fraction of sp³-hybridized carbons (Fsp3) is 0.429. The first-order valence-corrected chi connectivity index (χ1v) is 4.85. The fourth-order valence-corrected chi connectivity index (χ4v) is 1.51. The van der Waals surface area contributed by atoms with Crippen molar-refractivity contribution in [2.24, 2.45) is 0 Å². The van der Waals surface area contributed by atoms with Gasteiger partial charge in [0, 0.05) is 0 Å². The monoisotopic (exact) mass is 192 g/mol. The Morgan fingerprint density at radius 3 is 1.64 bits per heavy atom. The summed E-state index contributed by atoms with van der Waals surface area (Å²) < 4.78 is 0. The minimum Gasteiger partial charge on any atom is -0.0985 e. The van der Waals surface area contributed by atoms with Crippen LogP contribution in [-0.4, -0.2) is 0 Å². The van der Waals surface area contributed by atoms with E-state index in [1.807, 2.05) is 19.9 Å². The van der Waals surface area contributed by atoms with Crippen LogP contribution in [0.3, 0.4) is 0 Å². The van der Waals surface area contributed by atoms with Gasteiger partial charge in [-0.2, -0.15) is 0 Å². The lowest BCUT2D eigenvalue weighted by Crippen LogP contribution is -1.87. The topological polar surface area (TPSA) is 0 Å². The molecule has 0 bridgehead atoms. The third-order valence-corrected chi connectivity index (χ3v) is 1.94. The first-order chi connectivity index (χ1) is 6.15. The highest BCUT2D eigenvalue weighted by Crippen LogP contribution is 2.16. The molecule has 0 aliphatic heterocycles. The van der Waals surface area contributed by atoms with E-state index in [1.165, 1.54) is 22.3 Å². The van der Waals surface area contributed by atoms with Crippen molar-refractivity contribution in [1.29, 1.82) is 0 Å². The van der Waals surface area contributed by atoms with Crippen molar-refractivity contribution in [3.05, 3.63) is 41.0 Å². The molecule has 0 saturated heterocycles. The van der Waals surface area contributed by atoms with E-state index >= 15 is 0 Å². The lowest BCUT2D eigenvalue weighted by Gasteiger charge is -2.05. The van der Waals surface area contributed by atoms with E-state index in [9.17, 15) is 0 Å². The summed E-state index contributed by atoms with van der Waals surface area (Å²) in [7, 11) is 0. The Hall–Kier alpha value is -1.04. The molecule has 14 heavy (non-hydrogen) atoms. The number of aryl methyl sites for hydroxylation is 3. The highest BCUT2D eigenvalue weighted by molar-refractivity contribution is 5.56. The summed E-state index contributed by atoms with van der Waals surface area (Å²) in [5, 5.41) is 0. The van der Waals surface area contributed by atoms with Crippen LogP contribution >= 0.6 is 0 Å². The molecule has 1 rings (SSSR count). The molecule has 0 N–H and O–H groups in total. The Kier molecular flexibility index (Phi) is 8.13. The summed E-state index contributed by atoms with van der Waals surface area (Å²) in [6.07, 6.45) is 1.92. The Bertz CT molecular complexity index is 259. The second kappa shape index (κ2) is 7.37. The Balaban J connectivity index is 0. The fourth-order valence-electron chi connectivity index (χ4n) is 1.51. The maximum Gasteiger partial charge on any atom is -0.0204 e. The van der Waals surface area contributed by atoms with Crippen LogP contribution in [0.4, 0.5) is 0 Å². The van der Waals surface area contributed by atoms with Gasteiger partial charge >= 0.3 is 0 Å². The maximum atomic E-state index is 3.78. The Morgan fingerprint density at radius 1 is 1.00 bits per heavy atom. The molecule has 0 atom stereocenters. The maximum absolute atomic E-state index is 3.78. The number of benzene rings is 1. The van der Waals surface area contributed by atoms with Crippen molar-refractivity contribution >= 4 is 6.08 Å². The number of hydrogen-bond donors (Lipinski definition) is 0. The van der Waals surface area contributed by atoms with E-state index < -0.39 is 0 Å². The summed E-state index contributed by atoms with van der Waals surface area (Å²) in [5.41, 5.74) is 5.23. The highest BCUT2D eigenvalue weighted by Gasteiger charge is 1.97. The molecular formula is C14H24. The molecule has 0 spiro atoms. The molecule has 0 fully saturated rings. The van der Waals surface area contributed by atoms with Gasteiger partial charge in [-0.1, -0.05) is 51.6 Å². The summed E-state index contributed by atoms with van der Waals surface area (Å²) >= 11 is 0. The standard InChI is InChI=1S/C11H14.C2H6.CH4/c1-5-11-9(3)6-8(2)7-10(11)4;1-2;/h5-7H,1H2,2-4H3;1-2H3;1H4. The molecule has 1 aromatic carbocycles. The molecule has 0 aromatic heterocycles. The highest BCUT2D eigenvalue weighted by atomic mass is 14.0. The van der Waals surface area contributed by atoms with E-state index in [4.69, 9.17) is 0 Å². The van der Waals surface area contributed by atoms with Crippen LogP contribution in [0.25, 0.3) is 6.08 Å². The third kappa shape index (κ3) is 3.78. The van der Waals surface area contributed by atoms with Crippen LogP contribution in [0.1, 0.15) is 43.5 Å². The summed E-state index contributed by atoms with van der Waals surface area (Å²) in [4.78, 5) is 0. The molecule has 0 amide bonds. The Morgan fingerprint density at radius 2 is 1.36 bits per heavy atom. The average Bonchev–Trinajstić information content (AvgIpc) is 2.07. The molecule has 0 saturated carbocycles. The van der Waals surface area contributed by atoms with Crippen LogP contribution in [0.5, 0.6) is 0 Å². The van der Waals surface area contributed by atoms with Gasteiger partial charge in [0.05, 0.1) is 0 Å². The quantitative estimate of drug-likeness (QED) is 0.592. The lowest BCUT2D eigenvalue weighted by molar-refractivity contribution is 1.30. The normalized spacial score (nSPS) is 8.07. The van der Waals surface area contributed by atoms with Gasteiger partial charge in [0.1, 0.15) is 0 Å². The molecule has 80 valence electrons. The average molecular weight is 192 g/mol. The van der Waals surface area contributed by atoms with Gasteiger partial charge in [-0.3, -0.25) is 0 Å². The third-order valence-electron chi connectivity index (χ3n) is 1.94. The van der Waals surface area contributed by atoms with Crippen LogP contribution in [-0.2, 0) is 0 Å². The molecule has 0 aliphatic rings. The smallest absolute Gasteiger partial charge is 0.0204 e. The first-order valence-electron chi connectivity index (χ1n) is 4.85. The van der Waals surface area contributed by atoms with Crippen molar-refractivity contribution < 1.29 is 0 Å². The molecular weight excluding hydrogens is 168 g/mol. The van der Waals surface area contributed by atoms with Gasteiger partial charge in [0.2, 0.25) is 0 Å². The van der Waals surface area contributed by atoms with E-state index in [0.717, 1.165) is 0 Å². The van der Waals surface area contributed by atoms with E-state index in [2.05, 4.69) is 39.5 Å². The van der Waals surface area contributed by atoms with Crippen LogP contribution in [0, 0.1) is 20.8 Å². The van der Waals surface area contributed by atoms with Gasteiger partial charge in [0.25, 0.3) is 0 Å². The number of hydrogen-bond acceptors (Lipinski definition) is 0. The van der Waals surface area contributed by atoms with Crippen molar-refractivity contribution in [2.45, 2.75) is 42.0 Å². The van der Waals surface area contributed by atoms with Gasteiger partial charge < -0.3 is 0 Å². The van der Waals surface area contributed by atoms with E-state index in [-0.39, 0.29) is 7.43 Å². The predicted octanol–water partition coefficient (Wildman–Crippen LogP) is 4.92. The van der Waals surface area contributed by atoms with Crippen LogP contribution < -0.4 is 0 Å². The molecule has 0 radical (unpaired) electrons. The SMILES string of the molecule is C.C=Cc1c(C)cc(C)cc1C.CC. The van der Waals surface area contributed by atoms with E-state index in [1.54, 1.807) is 0 Å². The molecule has 0 unspecified atom stereocenters. The Labute approximate surface area is 89.7 Å². The summed E-state index contributed by atoms with van der Waals surface area (Å²) in [5.74, 6) is 0. The van der Waals surface area contributed by atoms with E-state index in [0.29, 0.717) is 0 Å². The largest absolute Gasteiger partial charge is 0.0985 e. The van der Waals surface area contributed by atoms with Gasteiger partial charge in [-0.15, -0.1) is 0 Å². The van der Waals surface area contributed by atoms with Gasteiger partial charge in [0.15, 0.2) is 0 Å². The minimum atomic E-state index is 0. The molecule has 0 heterocycles. The van der Waals surface area contributed by atoms with Gasteiger partial charge in [-0.05, 0) is 37.5 Å². The van der Waals surface area contributed by atoms with Crippen molar-refractivity contribution in [3.63, 3.8) is 0 Å². The molecule has 0 aliphatic carbocycles. The lowest BCUT2D eigenvalue weighted by atomic mass is 10.0.